The second-order valence-electron chi connectivity index (χ2n) is 9.70. The number of hydrogen-bond acceptors (Lipinski definition) is 9. The van der Waals surface area contributed by atoms with Gasteiger partial charge in [0, 0.05) is 36.3 Å². The third-order valence-corrected chi connectivity index (χ3v) is 6.66. The summed E-state index contributed by atoms with van der Waals surface area (Å²) in [6, 6.07) is 18.1. The van der Waals surface area contributed by atoms with E-state index in [1.54, 1.807) is 36.4 Å². The van der Waals surface area contributed by atoms with Crippen molar-refractivity contribution in [1.82, 2.24) is 0 Å². The molecule has 0 N–H and O–H groups in total. The van der Waals surface area contributed by atoms with E-state index < -0.39 is 35.2 Å². The monoisotopic (exact) mass is 574 g/mol. The van der Waals surface area contributed by atoms with E-state index in [1.165, 1.54) is 41.3 Å². The fourth-order valence-corrected chi connectivity index (χ4v) is 4.31. The van der Waals surface area contributed by atoms with E-state index in [2.05, 4.69) is 6.92 Å². The van der Waals surface area contributed by atoms with Gasteiger partial charge in [-0.05, 0) is 67.1 Å². The maximum Gasteiger partial charge on any atom is 0.338 e. The van der Waals surface area contributed by atoms with Crippen LogP contribution in [-0.4, -0.2) is 48.3 Å². The highest BCUT2D eigenvalue weighted by molar-refractivity contribution is 6.01. The molecule has 1 heterocycles. The topological polar surface area (TPSA) is 142 Å². The number of hydrogen-bond donors (Lipinski definition) is 0. The van der Waals surface area contributed by atoms with E-state index in [0.717, 1.165) is 19.3 Å². The van der Waals surface area contributed by atoms with E-state index >= 15 is 0 Å². The van der Waals surface area contributed by atoms with Gasteiger partial charge < -0.3 is 19.1 Å². The predicted octanol–water partition coefficient (Wildman–Crippen LogP) is 5.51. The first-order valence-corrected chi connectivity index (χ1v) is 13.5. The average Bonchev–Trinajstić information content (AvgIpc) is 3.40. The molecule has 1 saturated heterocycles. The van der Waals surface area contributed by atoms with Gasteiger partial charge in [-0.25, -0.2) is 4.79 Å². The molecular formula is C31H30N2O9. The Bertz CT molecular complexity index is 1430. The maximum atomic E-state index is 12.6. The molecule has 218 valence electrons. The van der Waals surface area contributed by atoms with Gasteiger partial charge in [0.1, 0.15) is 11.5 Å². The molecule has 3 aromatic carbocycles. The first-order valence-electron chi connectivity index (χ1n) is 13.5. The van der Waals surface area contributed by atoms with Crippen LogP contribution < -0.4 is 9.64 Å². The molecule has 0 spiro atoms. The molecule has 1 aliphatic rings. The van der Waals surface area contributed by atoms with Gasteiger partial charge in [-0.1, -0.05) is 19.8 Å². The SMILES string of the molecule is CCCCCOC(=O)c1ccc(N2C[C@H](C(=O)OCC(=O)c3ccc(Oc4ccc([N+](=O)[O-])cc4)cc3)CC2=O)cc1. The number of non-ortho nitro benzene ring substituents is 1. The average molecular weight is 575 g/mol. The van der Waals surface area contributed by atoms with Crippen LogP contribution in [0.5, 0.6) is 11.5 Å². The summed E-state index contributed by atoms with van der Waals surface area (Å²) in [6.07, 6.45) is 2.76. The normalized spacial score (nSPS) is 14.4. The number of nitro benzene ring substituents is 1. The Balaban J connectivity index is 1.25. The summed E-state index contributed by atoms with van der Waals surface area (Å²) < 4.78 is 16.1. The molecule has 11 heteroatoms. The first kappa shape index (κ1) is 29.9. The Morgan fingerprint density at radius 2 is 1.50 bits per heavy atom. The van der Waals surface area contributed by atoms with Crippen molar-refractivity contribution < 1.29 is 38.3 Å². The number of anilines is 1. The van der Waals surface area contributed by atoms with Gasteiger partial charge in [-0.3, -0.25) is 24.5 Å². The molecule has 42 heavy (non-hydrogen) atoms. The molecule has 11 nitrogen and oxygen atoms in total. The Morgan fingerprint density at radius 1 is 0.881 bits per heavy atom. The quantitative estimate of drug-likeness (QED) is 0.0848. The van der Waals surface area contributed by atoms with Crippen molar-refractivity contribution >= 4 is 35.0 Å². The zero-order valence-electron chi connectivity index (χ0n) is 23.0. The summed E-state index contributed by atoms with van der Waals surface area (Å²) >= 11 is 0. The van der Waals surface area contributed by atoms with Crippen LogP contribution in [0, 0.1) is 16.0 Å². The summed E-state index contributed by atoms with van der Waals surface area (Å²) in [5, 5.41) is 10.8. The third kappa shape index (κ3) is 7.78. The molecule has 3 aromatic rings. The van der Waals surface area contributed by atoms with Gasteiger partial charge in [0.2, 0.25) is 5.91 Å². The Hall–Kier alpha value is -5.06. The molecule has 0 bridgehead atoms. The van der Waals surface area contributed by atoms with Crippen LogP contribution in [0.25, 0.3) is 0 Å². The number of nitrogens with zero attached hydrogens (tertiary/aromatic N) is 2. The van der Waals surface area contributed by atoms with Crippen LogP contribution in [-0.2, 0) is 19.1 Å². The summed E-state index contributed by atoms with van der Waals surface area (Å²) in [7, 11) is 0. The number of unbranched alkanes of at least 4 members (excludes halogenated alkanes) is 2. The van der Waals surface area contributed by atoms with Crippen LogP contribution in [0.3, 0.4) is 0 Å². The number of carbonyl (C=O) groups excluding carboxylic acids is 4. The van der Waals surface area contributed by atoms with Crippen molar-refractivity contribution in [3.05, 3.63) is 94.0 Å². The highest BCUT2D eigenvalue weighted by atomic mass is 16.6. The number of esters is 2. The number of amides is 1. The Labute approximate surface area is 242 Å². The standard InChI is InChI=1S/C31H30N2O9/c1-2-3-4-17-40-30(36)22-5-9-24(10-6-22)32-19-23(18-29(32)35)31(37)41-20-28(34)21-7-13-26(14-8-21)42-27-15-11-25(12-16-27)33(38)39/h5-16,23H,2-4,17-20H2,1H3/t23-/m1/s1. The van der Waals surface area contributed by atoms with Crippen molar-refractivity contribution in [3.63, 3.8) is 0 Å². The van der Waals surface area contributed by atoms with Crippen LogP contribution in [0.2, 0.25) is 0 Å². The molecule has 0 aliphatic carbocycles. The predicted molar refractivity (Wildman–Crippen MR) is 152 cm³/mol. The molecule has 1 atom stereocenters. The lowest BCUT2D eigenvalue weighted by molar-refractivity contribution is -0.384. The lowest BCUT2D eigenvalue weighted by atomic mass is 10.1. The molecule has 0 unspecified atom stereocenters. The maximum absolute atomic E-state index is 12.6. The van der Waals surface area contributed by atoms with E-state index in [4.69, 9.17) is 14.2 Å². The van der Waals surface area contributed by atoms with Crippen LogP contribution in [0.1, 0.15) is 53.3 Å². The van der Waals surface area contributed by atoms with Crippen LogP contribution in [0.15, 0.2) is 72.8 Å². The third-order valence-electron chi connectivity index (χ3n) is 6.66. The fourth-order valence-electron chi connectivity index (χ4n) is 4.31. The lowest BCUT2D eigenvalue weighted by Crippen LogP contribution is -2.27. The van der Waals surface area contributed by atoms with Gasteiger partial charge >= 0.3 is 11.9 Å². The summed E-state index contributed by atoms with van der Waals surface area (Å²) in [6.45, 7) is 2.04. The minimum Gasteiger partial charge on any atom is -0.462 e. The number of carbonyl (C=O) groups is 4. The number of benzene rings is 3. The first-order chi connectivity index (χ1) is 20.2. The lowest BCUT2D eigenvalue weighted by Gasteiger charge is -2.17. The zero-order valence-corrected chi connectivity index (χ0v) is 23.0. The van der Waals surface area contributed by atoms with Crippen LogP contribution >= 0.6 is 0 Å². The minimum absolute atomic E-state index is 0.0527. The molecule has 0 aromatic heterocycles. The molecule has 1 fully saturated rings. The van der Waals surface area contributed by atoms with Crippen molar-refractivity contribution in [2.24, 2.45) is 5.92 Å². The van der Waals surface area contributed by atoms with Crippen molar-refractivity contribution in [3.8, 4) is 11.5 Å². The van der Waals surface area contributed by atoms with Crippen LogP contribution in [0.4, 0.5) is 11.4 Å². The van der Waals surface area contributed by atoms with Gasteiger partial charge in [-0.15, -0.1) is 0 Å². The molecule has 1 amide bonds. The molecular weight excluding hydrogens is 544 g/mol. The van der Waals surface area contributed by atoms with Gasteiger partial charge in [-0.2, -0.15) is 0 Å². The molecule has 0 radical (unpaired) electrons. The summed E-state index contributed by atoms with van der Waals surface area (Å²) in [5.41, 5.74) is 1.16. The smallest absolute Gasteiger partial charge is 0.338 e. The summed E-state index contributed by atoms with van der Waals surface area (Å²) in [5.74, 6) is -1.69. The minimum atomic E-state index is -0.731. The Kier molecular flexibility index (Phi) is 9.99. The number of ketones is 1. The van der Waals surface area contributed by atoms with E-state index in [9.17, 15) is 29.3 Å². The van der Waals surface area contributed by atoms with E-state index in [-0.39, 0.29) is 24.6 Å². The van der Waals surface area contributed by atoms with Gasteiger partial charge in [0.05, 0.1) is 23.0 Å². The highest BCUT2D eigenvalue weighted by Gasteiger charge is 2.36. The molecule has 1 aliphatic heterocycles. The second kappa shape index (κ2) is 14.0. The largest absolute Gasteiger partial charge is 0.462 e. The summed E-state index contributed by atoms with van der Waals surface area (Å²) in [4.78, 5) is 61.7. The fraction of sp³-hybridized carbons (Fsp3) is 0.290. The van der Waals surface area contributed by atoms with Crippen molar-refractivity contribution in [2.45, 2.75) is 32.6 Å². The number of Topliss-reactive ketones (excluding diaryl/α,β-unsaturated/α-hetero) is 1. The van der Waals surface area contributed by atoms with E-state index in [0.29, 0.717) is 34.9 Å². The Morgan fingerprint density at radius 3 is 2.12 bits per heavy atom. The zero-order chi connectivity index (χ0) is 30.1. The number of rotatable bonds is 13. The van der Waals surface area contributed by atoms with Crippen molar-refractivity contribution in [1.29, 1.82) is 0 Å². The molecule has 4 rings (SSSR count). The highest BCUT2D eigenvalue weighted by Crippen LogP contribution is 2.27. The second-order valence-corrected chi connectivity index (χ2v) is 9.70. The number of ether oxygens (including phenoxy) is 3. The van der Waals surface area contributed by atoms with Crippen molar-refractivity contribution in [2.75, 3.05) is 24.7 Å². The van der Waals surface area contributed by atoms with E-state index in [1.807, 2.05) is 0 Å². The molecule has 0 saturated carbocycles. The van der Waals surface area contributed by atoms with Gasteiger partial charge in [0.15, 0.2) is 12.4 Å². The number of nitro groups is 1. The van der Waals surface area contributed by atoms with Gasteiger partial charge in [0.25, 0.3) is 5.69 Å².